The first-order valence-electron chi connectivity index (χ1n) is 9.18. The lowest BCUT2D eigenvalue weighted by atomic mass is 10.2. The number of amides is 1. The largest absolute Gasteiger partial charge is 0.484 e. The molecule has 0 aliphatic carbocycles. The second kappa shape index (κ2) is 10.7. The summed E-state index contributed by atoms with van der Waals surface area (Å²) < 4.78 is 10.7. The summed E-state index contributed by atoms with van der Waals surface area (Å²) in [5.74, 6) is -0.499. The van der Waals surface area contributed by atoms with Crippen molar-refractivity contribution >= 4 is 35.4 Å². The summed E-state index contributed by atoms with van der Waals surface area (Å²) in [7, 11) is 0. The van der Waals surface area contributed by atoms with Crippen LogP contribution in [0.2, 0.25) is 5.02 Å². The van der Waals surface area contributed by atoms with E-state index in [-0.39, 0.29) is 23.6 Å². The predicted molar refractivity (Wildman–Crippen MR) is 117 cm³/mol. The molecule has 3 aromatic carbocycles. The summed E-state index contributed by atoms with van der Waals surface area (Å²) in [6.07, 6.45) is 1.32. The summed E-state index contributed by atoms with van der Waals surface area (Å²) in [4.78, 5) is 34.4. The fourth-order valence-corrected chi connectivity index (χ4v) is 2.57. The molecule has 0 aliphatic heterocycles. The third-order valence-corrected chi connectivity index (χ3v) is 4.26. The molecule has 0 radical (unpaired) electrons. The third-order valence-electron chi connectivity index (χ3n) is 4.01. The zero-order valence-electron chi connectivity index (χ0n) is 16.4. The molecule has 3 aromatic rings. The van der Waals surface area contributed by atoms with Crippen LogP contribution in [0.3, 0.4) is 0 Å². The predicted octanol–water partition coefficient (Wildman–Crippen LogP) is 4.00. The van der Waals surface area contributed by atoms with Gasteiger partial charge in [-0.2, -0.15) is 5.10 Å². The Bertz CT molecular complexity index is 1150. The number of nitrogens with zero attached hydrogens (tertiary/aromatic N) is 2. The topological polar surface area (TPSA) is 120 Å². The van der Waals surface area contributed by atoms with Crippen molar-refractivity contribution in [2.24, 2.45) is 5.10 Å². The lowest BCUT2D eigenvalue weighted by Crippen LogP contribution is -2.24. The summed E-state index contributed by atoms with van der Waals surface area (Å²) in [6, 6.07) is 18.1. The molecule has 0 saturated carbocycles. The number of hydrazone groups is 1. The molecule has 0 saturated heterocycles. The molecule has 0 heterocycles. The molecular weight excluding hydrogens is 438 g/mol. The molecule has 162 valence electrons. The van der Waals surface area contributed by atoms with E-state index < -0.39 is 16.8 Å². The van der Waals surface area contributed by atoms with Gasteiger partial charge in [0.25, 0.3) is 11.6 Å². The fourth-order valence-electron chi connectivity index (χ4n) is 2.44. The van der Waals surface area contributed by atoms with Gasteiger partial charge in [-0.1, -0.05) is 23.7 Å². The van der Waals surface area contributed by atoms with E-state index in [1.165, 1.54) is 30.5 Å². The first-order chi connectivity index (χ1) is 15.4. The number of benzene rings is 3. The molecule has 1 N–H and O–H groups in total. The molecule has 0 aliphatic rings. The number of esters is 1. The minimum Gasteiger partial charge on any atom is -0.484 e. The highest BCUT2D eigenvalue weighted by atomic mass is 35.5. The first-order valence-corrected chi connectivity index (χ1v) is 9.56. The smallest absolute Gasteiger partial charge is 0.343 e. The van der Waals surface area contributed by atoms with E-state index in [9.17, 15) is 19.7 Å². The highest BCUT2D eigenvalue weighted by molar-refractivity contribution is 6.30. The Hall–Kier alpha value is -4.24. The number of carbonyl (C=O) groups is 2. The number of nitrogens with one attached hydrogen (secondary N) is 1. The maximum absolute atomic E-state index is 12.3. The standard InChI is InChI=1S/C22H16ClN3O6/c23-17-7-11-19(12-8-17)31-14-21(27)25-24-13-16-3-1-2-4-20(16)32-22(28)15-5-9-18(10-6-15)26(29)30/h1-13H,14H2,(H,25,27)/b24-13+. The number of para-hydroxylation sites is 1. The van der Waals surface area contributed by atoms with E-state index >= 15 is 0 Å². The van der Waals surface area contributed by atoms with Gasteiger partial charge in [0.1, 0.15) is 11.5 Å². The van der Waals surface area contributed by atoms with Crippen LogP contribution in [-0.4, -0.2) is 29.6 Å². The molecule has 0 aromatic heterocycles. The van der Waals surface area contributed by atoms with E-state index in [1.807, 2.05) is 0 Å². The van der Waals surface area contributed by atoms with Crippen LogP contribution in [0.15, 0.2) is 77.9 Å². The van der Waals surface area contributed by atoms with Crippen LogP contribution in [0, 0.1) is 10.1 Å². The van der Waals surface area contributed by atoms with Crippen molar-refractivity contribution in [1.82, 2.24) is 5.43 Å². The minimum atomic E-state index is -0.693. The number of nitro benzene ring substituents is 1. The first kappa shape index (κ1) is 22.4. The van der Waals surface area contributed by atoms with Gasteiger partial charge in [0.05, 0.1) is 16.7 Å². The van der Waals surface area contributed by atoms with Crippen molar-refractivity contribution in [3.05, 3.63) is 99.1 Å². The summed E-state index contributed by atoms with van der Waals surface area (Å²) in [5.41, 5.74) is 2.76. The van der Waals surface area contributed by atoms with Gasteiger partial charge >= 0.3 is 5.97 Å². The second-order valence-corrected chi connectivity index (χ2v) is 6.70. The normalized spacial score (nSPS) is 10.5. The Kier molecular flexibility index (Phi) is 7.50. The number of carbonyl (C=O) groups excluding carboxylic acids is 2. The van der Waals surface area contributed by atoms with Gasteiger partial charge in [-0.05, 0) is 48.5 Å². The van der Waals surface area contributed by atoms with E-state index in [1.54, 1.807) is 48.5 Å². The maximum Gasteiger partial charge on any atom is 0.343 e. The number of ether oxygens (including phenoxy) is 2. The Morgan fingerprint density at radius 1 is 1.03 bits per heavy atom. The van der Waals surface area contributed by atoms with Crippen LogP contribution in [0.25, 0.3) is 0 Å². The average molecular weight is 454 g/mol. The molecule has 0 bridgehead atoms. The SMILES string of the molecule is O=C(COc1ccc(Cl)cc1)N/N=C/c1ccccc1OC(=O)c1ccc([N+](=O)[O-])cc1. The van der Waals surface area contributed by atoms with E-state index in [0.29, 0.717) is 16.3 Å². The van der Waals surface area contributed by atoms with Gasteiger partial charge in [0, 0.05) is 22.7 Å². The number of rotatable bonds is 8. The van der Waals surface area contributed by atoms with Crippen LogP contribution in [0.5, 0.6) is 11.5 Å². The van der Waals surface area contributed by atoms with E-state index in [0.717, 1.165) is 0 Å². The Labute approximate surface area is 187 Å². The molecule has 1 amide bonds. The molecule has 0 unspecified atom stereocenters. The Morgan fingerprint density at radius 3 is 2.41 bits per heavy atom. The van der Waals surface area contributed by atoms with Crippen LogP contribution in [0.1, 0.15) is 15.9 Å². The number of halogens is 1. The summed E-state index contributed by atoms with van der Waals surface area (Å²) >= 11 is 5.79. The molecule has 9 nitrogen and oxygen atoms in total. The van der Waals surface area contributed by atoms with Crippen molar-refractivity contribution in [2.45, 2.75) is 0 Å². The number of nitro groups is 1. The third kappa shape index (κ3) is 6.38. The molecule has 32 heavy (non-hydrogen) atoms. The Morgan fingerprint density at radius 2 is 1.72 bits per heavy atom. The summed E-state index contributed by atoms with van der Waals surface area (Å²) in [6.45, 7) is -0.254. The van der Waals surface area contributed by atoms with Crippen LogP contribution in [-0.2, 0) is 4.79 Å². The highest BCUT2D eigenvalue weighted by Crippen LogP contribution is 2.19. The molecule has 3 rings (SSSR count). The van der Waals surface area contributed by atoms with Gasteiger partial charge in [0.15, 0.2) is 6.61 Å². The van der Waals surface area contributed by atoms with E-state index in [4.69, 9.17) is 21.1 Å². The average Bonchev–Trinajstić information content (AvgIpc) is 2.80. The number of non-ortho nitro benzene ring substituents is 1. The van der Waals surface area contributed by atoms with Gasteiger partial charge in [-0.3, -0.25) is 14.9 Å². The Balaban J connectivity index is 1.57. The van der Waals surface area contributed by atoms with Crippen molar-refractivity contribution in [3.8, 4) is 11.5 Å². The zero-order chi connectivity index (χ0) is 22.9. The number of hydrogen-bond donors (Lipinski definition) is 1. The monoisotopic (exact) mass is 453 g/mol. The van der Waals surface area contributed by atoms with Gasteiger partial charge in [0.2, 0.25) is 0 Å². The van der Waals surface area contributed by atoms with Crippen molar-refractivity contribution < 1.29 is 24.0 Å². The van der Waals surface area contributed by atoms with Gasteiger partial charge in [-0.15, -0.1) is 0 Å². The van der Waals surface area contributed by atoms with Crippen LogP contribution >= 0.6 is 11.6 Å². The van der Waals surface area contributed by atoms with Crippen LogP contribution < -0.4 is 14.9 Å². The molecule has 0 fully saturated rings. The van der Waals surface area contributed by atoms with Crippen molar-refractivity contribution in [2.75, 3.05) is 6.61 Å². The number of hydrogen-bond acceptors (Lipinski definition) is 7. The molecular formula is C22H16ClN3O6. The summed E-state index contributed by atoms with van der Waals surface area (Å²) in [5, 5.41) is 15.1. The second-order valence-electron chi connectivity index (χ2n) is 6.27. The van der Waals surface area contributed by atoms with Crippen molar-refractivity contribution in [1.29, 1.82) is 0 Å². The van der Waals surface area contributed by atoms with E-state index in [2.05, 4.69) is 10.5 Å². The van der Waals surface area contributed by atoms with Gasteiger partial charge < -0.3 is 9.47 Å². The molecule has 10 heteroatoms. The minimum absolute atomic E-state index is 0.134. The molecule has 0 spiro atoms. The maximum atomic E-state index is 12.3. The van der Waals surface area contributed by atoms with Crippen LogP contribution in [0.4, 0.5) is 5.69 Å². The lowest BCUT2D eigenvalue weighted by molar-refractivity contribution is -0.384. The van der Waals surface area contributed by atoms with Crippen molar-refractivity contribution in [3.63, 3.8) is 0 Å². The fraction of sp³-hybridized carbons (Fsp3) is 0.0455. The highest BCUT2D eigenvalue weighted by Gasteiger charge is 2.13. The zero-order valence-corrected chi connectivity index (χ0v) is 17.2. The quantitative estimate of drug-likeness (QED) is 0.181. The van der Waals surface area contributed by atoms with Gasteiger partial charge in [-0.25, -0.2) is 10.2 Å². The lowest BCUT2D eigenvalue weighted by Gasteiger charge is -2.07. The molecule has 0 atom stereocenters.